The van der Waals surface area contributed by atoms with E-state index in [2.05, 4.69) is 6.58 Å². The molecule has 0 bridgehead atoms. The fraction of sp³-hybridized carbons (Fsp3) is 0.375. The van der Waals surface area contributed by atoms with E-state index >= 15 is 0 Å². The number of rotatable bonds is 5. The summed E-state index contributed by atoms with van der Waals surface area (Å²) in [6.07, 6.45) is 0.357. The first-order valence-corrected chi connectivity index (χ1v) is 6.62. The molecule has 5 nitrogen and oxygen atoms in total. The zero-order valence-corrected chi connectivity index (χ0v) is 12.4. The van der Waals surface area contributed by atoms with Crippen LogP contribution in [0, 0.1) is 0 Å². The number of benzene rings is 1. The van der Waals surface area contributed by atoms with Crippen molar-refractivity contribution in [1.82, 2.24) is 0 Å². The van der Waals surface area contributed by atoms with Gasteiger partial charge in [0.2, 0.25) is 0 Å². The lowest BCUT2D eigenvalue weighted by Crippen LogP contribution is -2.20. The quantitative estimate of drug-likeness (QED) is 0.473. The van der Waals surface area contributed by atoms with Crippen LogP contribution in [0.25, 0.3) is 0 Å². The molecule has 0 amide bonds. The van der Waals surface area contributed by atoms with Crippen molar-refractivity contribution in [3.63, 3.8) is 0 Å². The summed E-state index contributed by atoms with van der Waals surface area (Å²) in [5.41, 5.74) is 2.12. The zero-order valence-electron chi connectivity index (χ0n) is 12.4. The van der Waals surface area contributed by atoms with Gasteiger partial charge in [-0.25, -0.2) is 0 Å². The van der Waals surface area contributed by atoms with E-state index in [0.29, 0.717) is 29.1 Å². The molecular formula is C16H18O5. The van der Waals surface area contributed by atoms with E-state index in [-0.39, 0.29) is 24.5 Å². The molecule has 1 aliphatic rings. The van der Waals surface area contributed by atoms with Gasteiger partial charge >= 0.3 is 5.97 Å². The van der Waals surface area contributed by atoms with Crippen LogP contribution in [0.5, 0.6) is 11.5 Å². The van der Waals surface area contributed by atoms with Crippen molar-refractivity contribution in [2.75, 3.05) is 13.7 Å². The average Bonchev–Trinajstić information content (AvgIpc) is 2.85. The predicted molar refractivity (Wildman–Crippen MR) is 76.9 cm³/mol. The van der Waals surface area contributed by atoms with E-state index in [9.17, 15) is 9.59 Å². The highest BCUT2D eigenvalue weighted by molar-refractivity contribution is 5.97. The minimum absolute atomic E-state index is 0.0829. The van der Waals surface area contributed by atoms with Gasteiger partial charge in [0, 0.05) is 24.5 Å². The number of methoxy groups -OCH3 is 1. The molecule has 0 aromatic heterocycles. The first kappa shape index (κ1) is 15.1. The lowest BCUT2D eigenvalue weighted by molar-refractivity contribution is -0.140. The van der Waals surface area contributed by atoms with Crippen LogP contribution in [-0.4, -0.2) is 31.6 Å². The van der Waals surface area contributed by atoms with E-state index in [1.165, 1.54) is 21.0 Å². The highest BCUT2D eigenvalue weighted by Gasteiger charge is 2.28. The van der Waals surface area contributed by atoms with Crippen LogP contribution in [0.4, 0.5) is 0 Å². The lowest BCUT2D eigenvalue weighted by atomic mass is 10.0. The van der Waals surface area contributed by atoms with E-state index in [1.807, 2.05) is 6.07 Å². The van der Waals surface area contributed by atoms with E-state index in [0.717, 1.165) is 5.56 Å². The molecule has 0 spiro atoms. The zero-order chi connectivity index (χ0) is 15.6. The highest BCUT2D eigenvalue weighted by Crippen LogP contribution is 2.36. The number of Topliss-reactive ketones (excluding diaryl/α,β-unsaturated/α-hetero) is 1. The molecule has 2 rings (SSSR count). The monoisotopic (exact) mass is 290 g/mol. The summed E-state index contributed by atoms with van der Waals surface area (Å²) in [7, 11) is 1.53. The Balaban J connectivity index is 2.17. The molecule has 21 heavy (non-hydrogen) atoms. The second-order valence-electron chi connectivity index (χ2n) is 4.97. The molecule has 0 saturated carbocycles. The van der Waals surface area contributed by atoms with Gasteiger partial charge in [0.15, 0.2) is 5.78 Å². The Hall–Kier alpha value is -2.30. The molecule has 1 aromatic carbocycles. The Morgan fingerprint density at radius 2 is 2.10 bits per heavy atom. The molecule has 1 aromatic rings. The highest BCUT2D eigenvalue weighted by atomic mass is 16.5. The molecule has 5 heteroatoms. The number of carbonyl (C=O) groups is 2. The number of carbonyl (C=O) groups excluding carboxylic acids is 2. The van der Waals surface area contributed by atoms with Crippen molar-refractivity contribution in [2.45, 2.75) is 26.4 Å². The van der Waals surface area contributed by atoms with Crippen LogP contribution in [0.2, 0.25) is 0 Å². The third-order valence-corrected chi connectivity index (χ3v) is 3.35. The summed E-state index contributed by atoms with van der Waals surface area (Å²) >= 11 is 0. The smallest absolute Gasteiger partial charge is 0.302 e. The van der Waals surface area contributed by atoms with Crippen molar-refractivity contribution in [3.8, 4) is 11.5 Å². The third kappa shape index (κ3) is 3.24. The van der Waals surface area contributed by atoms with Crippen LogP contribution in [0.3, 0.4) is 0 Å². The fourth-order valence-corrected chi connectivity index (χ4v) is 2.22. The molecule has 0 saturated heterocycles. The van der Waals surface area contributed by atoms with Gasteiger partial charge < -0.3 is 14.2 Å². The molecule has 1 atom stereocenters. The summed E-state index contributed by atoms with van der Waals surface area (Å²) in [5, 5.41) is 0. The molecule has 1 unspecified atom stereocenters. The van der Waals surface area contributed by atoms with Crippen molar-refractivity contribution >= 4 is 11.8 Å². The number of ketones is 1. The van der Waals surface area contributed by atoms with Gasteiger partial charge in [0.05, 0.1) is 12.7 Å². The van der Waals surface area contributed by atoms with Gasteiger partial charge in [0.1, 0.15) is 24.2 Å². The topological polar surface area (TPSA) is 61.8 Å². The van der Waals surface area contributed by atoms with Gasteiger partial charge in [0.25, 0.3) is 0 Å². The molecule has 1 heterocycles. The summed E-state index contributed by atoms with van der Waals surface area (Å²) in [5.74, 6) is 0.749. The summed E-state index contributed by atoms with van der Waals surface area (Å²) in [6, 6.07) is 3.50. The Morgan fingerprint density at radius 3 is 2.67 bits per heavy atom. The first-order valence-electron chi connectivity index (χ1n) is 6.62. The molecule has 0 aliphatic carbocycles. The van der Waals surface area contributed by atoms with Crippen molar-refractivity contribution < 1.29 is 23.8 Å². The van der Waals surface area contributed by atoms with Gasteiger partial charge in [-0.3, -0.25) is 9.59 Å². The van der Waals surface area contributed by atoms with Crippen molar-refractivity contribution in [2.24, 2.45) is 0 Å². The van der Waals surface area contributed by atoms with Gasteiger partial charge in [-0.15, -0.1) is 0 Å². The first-order chi connectivity index (χ1) is 9.92. The second-order valence-corrected chi connectivity index (χ2v) is 4.97. The summed E-state index contributed by atoms with van der Waals surface area (Å²) in [4.78, 5) is 22.4. The average molecular weight is 290 g/mol. The second kappa shape index (κ2) is 5.99. The number of esters is 1. The molecule has 0 N–H and O–H groups in total. The lowest BCUT2D eigenvalue weighted by Gasteiger charge is -2.13. The van der Waals surface area contributed by atoms with Crippen molar-refractivity contribution in [1.29, 1.82) is 0 Å². The fourth-order valence-electron chi connectivity index (χ4n) is 2.22. The van der Waals surface area contributed by atoms with Crippen LogP contribution in [-0.2, 0) is 16.0 Å². The Morgan fingerprint density at radius 1 is 1.38 bits per heavy atom. The summed E-state index contributed by atoms with van der Waals surface area (Å²) in [6.45, 7) is 6.85. The van der Waals surface area contributed by atoms with Gasteiger partial charge in [-0.1, -0.05) is 6.58 Å². The van der Waals surface area contributed by atoms with Crippen LogP contribution in [0.1, 0.15) is 29.8 Å². The number of ether oxygens (including phenoxy) is 3. The Kier molecular flexibility index (Phi) is 4.31. The SMILES string of the molecule is C=C(COC(C)=O)C1Cc2cc(OC)c(C(C)=O)cc2O1. The van der Waals surface area contributed by atoms with Crippen LogP contribution in [0.15, 0.2) is 24.3 Å². The maximum absolute atomic E-state index is 11.6. The summed E-state index contributed by atoms with van der Waals surface area (Å²) < 4.78 is 16.0. The number of hydrogen-bond donors (Lipinski definition) is 0. The van der Waals surface area contributed by atoms with Gasteiger partial charge in [-0.05, 0) is 19.1 Å². The predicted octanol–water partition coefficient (Wildman–Crippen LogP) is 2.32. The number of hydrogen-bond acceptors (Lipinski definition) is 5. The molecule has 112 valence electrons. The van der Waals surface area contributed by atoms with Crippen LogP contribution >= 0.6 is 0 Å². The Bertz CT molecular complexity index is 603. The van der Waals surface area contributed by atoms with Crippen molar-refractivity contribution in [3.05, 3.63) is 35.4 Å². The van der Waals surface area contributed by atoms with Crippen LogP contribution < -0.4 is 9.47 Å². The maximum atomic E-state index is 11.6. The largest absolute Gasteiger partial charge is 0.496 e. The normalized spacial score (nSPS) is 15.9. The molecule has 1 aliphatic heterocycles. The van der Waals surface area contributed by atoms with E-state index in [1.54, 1.807) is 6.07 Å². The molecular weight excluding hydrogens is 272 g/mol. The van der Waals surface area contributed by atoms with Gasteiger partial charge in [-0.2, -0.15) is 0 Å². The van der Waals surface area contributed by atoms with E-state index in [4.69, 9.17) is 14.2 Å². The minimum Gasteiger partial charge on any atom is -0.496 e. The Labute approximate surface area is 123 Å². The number of fused-ring (bicyclic) bond motifs is 1. The van der Waals surface area contributed by atoms with E-state index < -0.39 is 0 Å². The maximum Gasteiger partial charge on any atom is 0.302 e. The third-order valence-electron chi connectivity index (χ3n) is 3.35. The molecule has 0 fully saturated rings. The standard InChI is InChI=1S/C16H18O5/c1-9(8-20-11(3)18)14-5-12-6-16(19-4)13(10(2)17)7-15(12)21-14/h6-7,14H,1,5,8H2,2-4H3. The molecule has 0 radical (unpaired) electrons. The minimum atomic E-state index is -0.354.